The molecule has 1 unspecified atom stereocenters. The molecule has 1 atom stereocenters. The second kappa shape index (κ2) is 12.8. The van der Waals surface area contributed by atoms with Gasteiger partial charge in [-0.05, 0) is 61.5 Å². The number of likely N-dealkylation sites (N-methyl/N-ethyl adjacent to an activating group) is 1. The molecular formula is C28H35ClN2O4. The van der Waals surface area contributed by atoms with Crippen LogP contribution in [0.2, 0.25) is 5.02 Å². The number of aliphatic hydroxyl groups is 1. The second-order valence-corrected chi connectivity index (χ2v) is 9.09. The fourth-order valence-corrected chi connectivity index (χ4v) is 4.45. The van der Waals surface area contributed by atoms with Gasteiger partial charge in [0.1, 0.15) is 11.5 Å². The lowest BCUT2D eigenvalue weighted by Crippen LogP contribution is -2.38. The largest absolute Gasteiger partial charge is 0.507 e. The van der Waals surface area contributed by atoms with Crippen LogP contribution in [0.25, 0.3) is 5.76 Å². The molecule has 1 fully saturated rings. The van der Waals surface area contributed by atoms with Crippen molar-refractivity contribution in [2.24, 2.45) is 0 Å². The molecule has 2 aromatic rings. The van der Waals surface area contributed by atoms with E-state index < -0.39 is 17.7 Å². The summed E-state index contributed by atoms with van der Waals surface area (Å²) in [5.41, 5.74) is 1.25. The van der Waals surface area contributed by atoms with Crippen molar-refractivity contribution in [1.29, 1.82) is 0 Å². The smallest absolute Gasteiger partial charge is 0.295 e. The minimum Gasteiger partial charge on any atom is -0.507 e. The molecule has 0 aliphatic carbocycles. The number of halogens is 1. The molecule has 0 radical (unpaired) electrons. The molecular weight excluding hydrogens is 464 g/mol. The van der Waals surface area contributed by atoms with Crippen molar-refractivity contribution in [3.05, 3.63) is 70.3 Å². The van der Waals surface area contributed by atoms with Crippen molar-refractivity contribution in [3.63, 3.8) is 0 Å². The molecule has 1 saturated heterocycles. The summed E-state index contributed by atoms with van der Waals surface area (Å²) in [6, 6.07) is 13.3. The molecule has 1 N–H and O–H groups in total. The third-order valence-corrected chi connectivity index (χ3v) is 6.65. The first-order chi connectivity index (χ1) is 16.9. The van der Waals surface area contributed by atoms with E-state index in [2.05, 4.69) is 25.7 Å². The Kier molecular flexibility index (Phi) is 9.75. The van der Waals surface area contributed by atoms with Gasteiger partial charge in [0.15, 0.2) is 0 Å². The maximum atomic E-state index is 13.2. The third kappa shape index (κ3) is 6.44. The summed E-state index contributed by atoms with van der Waals surface area (Å²) < 4.78 is 5.93. The SMILES string of the molecule is CCCCCOc1cccc(C2/C(=C(\O)c3ccc(Cl)cc3)C(=O)C(=O)N2CCN(CC)CC)c1. The first kappa shape index (κ1) is 26.8. The van der Waals surface area contributed by atoms with Crippen LogP contribution in [0.1, 0.15) is 57.2 Å². The van der Waals surface area contributed by atoms with E-state index in [1.807, 2.05) is 24.3 Å². The molecule has 0 aromatic heterocycles. The maximum Gasteiger partial charge on any atom is 0.295 e. The van der Waals surface area contributed by atoms with Gasteiger partial charge in [0, 0.05) is 23.7 Å². The van der Waals surface area contributed by atoms with Gasteiger partial charge in [-0.2, -0.15) is 0 Å². The molecule has 0 bridgehead atoms. The topological polar surface area (TPSA) is 70.1 Å². The number of hydrogen-bond donors (Lipinski definition) is 1. The van der Waals surface area contributed by atoms with Gasteiger partial charge in [-0.25, -0.2) is 0 Å². The molecule has 1 aliphatic heterocycles. The highest BCUT2D eigenvalue weighted by atomic mass is 35.5. The van der Waals surface area contributed by atoms with Gasteiger partial charge >= 0.3 is 0 Å². The predicted molar refractivity (Wildman–Crippen MR) is 140 cm³/mol. The van der Waals surface area contributed by atoms with Crippen molar-refractivity contribution in [2.75, 3.05) is 32.8 Å². The predicted octanol–water partition coefficient (Wildman–Crippen LogP) is 5.67. The summed E-state index contributed by atoms with van der Waals surface area (Å²) in [4.78, 5) is 30.1. The summed E-state index contributed by atoms with van der Waals surface area (Å²) in [5, 5.41) is 11.7. The number of rotatable bonds is 12. The number of hydrogen-bond acceptors (Lipinski definition) is 5. The van der Waals surface area contributed by atoms with Gasteiger partial charge in [-0.15, -0.1) is 0 Å². The van der Waals surface area contributed by atoms with Crippen molar-refractivity contribution >= 4 is 29.1 Å². The van der Waals surface area contributed by atoms with Gasteiger partial charge in [0.25, 0.3) is 11.7 Å². The average molecular weight is 499 g/mol. The van der Waals surface area contributed by atoms with E-state index in [-0.39, 0.29) is 11.3 Å². The molecule has 7 heteroatoms. The summed E-state index contributed by atoms with van der Waals surface area (Å²) in [6.07, 6.45) is 3.15. The first-order valence-corrected chi connectivity index (χ1v) is 12.8. The second-order valence-electron chi connectivity index (χ2n) is 8.65. The van der Waals surface area contributed by atoms with Crippen LogP contribution in [0.5, 0.6) is 5.75 Å². The summed E-state index contributed by atoms with van der Waals surface area (Å²) in [6.45, 7) is 9.56. The fourth-order valence-electron chi connectivity index (χ4n) is 4.33. The number of nitrogens with zero attached hydrogens (tertiary/aromatic N) is 2. The lowest BCUT2D eigenvalue weighted by molar-refractivity contribution is -0.140. The highest BCUT2D eigenvalue weighted by Crippen LogP contribution is 2.40. The Morgan fingerprint density at radius 1 is 1.06 bits per heavy atom. The summed E-state index contributed by atoms with van der Waals surface area (Å²) >= 11 is 6.01. The molecule has 1 heterocycles. The summed E-state index contributed by atoms with van der Waals surface area (Å²) in [5.74, 6) is -0.813. The third-order valence-electron chi connectivity index (χ3n) is 6.40. The Morgan fingerprint density at radius 2 is 1.77 bits per heavy atom. The Balaban J connectivity index is 2.02. The molecule has 6 nitrogen and oxygen atoms in total. The number of ether oxygens (including phenoxy) is 1. The number of unbranched alkanes of at least 4 members (excludes halogenated alkanes) is 2. The number of Topliss-reactive ketones (excluding diaryl/α,β-unsaturated/α-hetero) is 1. The van der Waals surface area contributed by atoms with Crippen molar-refractivity contribution in [3.8, 4) is 5.75 Å². The number of amides is 1. The van der Waals surface area contributed by atoms with Gasteiger partial charge in [-0.1, -0.05) is 57.3 Å². The van der Waals surface area contributed by atoms with Crippen LogP contribution in [0.3, 0.4) is 0 Å². The molecule has 0 saturated carbocycles. The highest BCUT2D eigenvalue weighted by molar-refractivity contribution is 6.46. The van der Waals surface area contributed by atoms with Gasteiger partial charge in [0.05, 0.1) is 18.2 Å². The normalized spacial score (nSPS) is 17.4. The van der Waals surface area contributed by atoms with Gasteiger partial charge < -0.3 is 19.6 Å². The number of ketones is 1. The van der Waals surface area contributed by atoms with Gasteiger partial charge in [0.2, 0.25) is 0 Å². The van der Waals surface area contributed by atoms with Crippen molar-refractivity contribution < 1.29 is 19.4 Å². The maximum absolute atomic E-state index is 13.2. The van der Waals surface area contributed by atoms with E-state index in [9.17, 15) is 14.7 Å². The van der Waals surface area contributed by atoms with Crippen molar-refractivity contribution in [2.45, 2.75) is 46.1 Å². The number of aliphatic hydroxyl groups excluding tert-OH is 1. The van der Waals surface area contributed by atoms with Crippen LogP contribution in [0, 0.1) is 0 Å². The van der Waals surface area contributed by atoms with E-state index in [1.54, 1.807) is 29.2 Å². The van der Waals surface area contributed by atoms with E-state index in [0.717, 1.165) is 37.9 Å². The number of likely N-dealkylation sites (tertiary alicyclic amines) is 1. The fraction of sp³-hybridized carbons (Fsp3) is 0.429. The summed E-state index contributed by atoms with van der Waals surface area (Å²) in [7, 11) is 0. The minimum atomic E-state index is -0.708. The van der Waals surface area contributed by atoms with Crippen LogP contribution in [-0.4, -0.2) is 59.4 Å². The highest BCUT2D eigenvalue weighted by Gasteiger charge is 2.46. The Bertz CT molecular complexity index is 1050. The lowest BCUT2D eigenvalue weighted by atomic mass is 9.95. The van der Waals surface area contributed by atoms with E-state index >= 15 is 0 Å². The zero-order valence-corrected chi connectivity index (χ0v) is 21.6. The number of benzene rings is 2. The molecule has 1 amide bonds. The van der Waals surface area contributed by atoms with Crippen LogP contribution in [-0.2, 0) is 9.59 Å². The zero-order valence-electron chi connectivity index (χ0n) is 20.8. The van der Waals surface area contributed by atoms with Crippen molar-refractivity contribution in [1.82, 2.24) is 9.80 Å². The standard InChI is InChI=1S/C28H35ClN2O4/c1-4-7-8-18-35-23-11-9-10-21(19-23)25-24(26(32)20-12-14-22(29)15-13-20)27(33)28(34)31(25)17-16-30(5-2)6-3/h9-15,19,25,32H,4-8,16-18H2,1-3H3/b26-24+. The molecule has 188 valence electrons. The minimum absolute atomic E-state index is 0.0833. The molecule has 35 heavy (non-hydrogen) atoms. The number of carbonyl (C=O) groups excluding carboxylic acids is 2. The Hall–Kier alpha value is -2.83. The quantitative estimate of drug-likeness (QED) is 0.177. The van der Waals surface area contributed by atoms with Gasteiger partial charge in [-0.3, -0.25) is 9.59 Å². The van der Waals surface area contributed by atoms with E-state index in [4.69, 9.17) is 16.3 Å². The van der Waals surface area contributed by atoms with Crippen LogP contribution >= 0.6 is 11.6 Å². The molecule has 3 rings (SSSR count). The lowest BCUT2D eigenvalue weighted by Gasteiger charge is -2.28. The first-order valence-electron chi connectivity index (χ1n) is 12.4. The Labute approximate surface area is 213 Å². The molecule has 2 aromatic carbocycles. The average Bonchev–Trinajstić information content (AvgIpc) is 3.12. The van der Waals surface area contributed by atoms with E-state index in [1.165, 1.54) is 0 Å². The zero-order chi connectivity index (χ0) is 25.4. The number of carbonyl (C=O) groups is 2. The van der Waals surface area contributed by atoms with Crippen LogP contribution in [0.4, 0.5) is 0 Å². The van der Waals surface area contributed by atoms with Crippen LogP contribution < -0.4 is 4.74 Å². The monoisotopic (exact) mass is 498 g/mol. The van der Waals surface area contributed by atoms with E-state index in [0.29, 0.717) is 36.0 Å². The van der Waals surface area contributed by atoms with Crippen LogP contribution in [0.15, 0.2) is 54.1 Å². The molecule has 0 spiro atoms. The molecule has 1 aliphatic rings. The Morgan fingerprint density at radius 3 is 2.43 bits per heavy atom.